The highest BCUT2D eigenvalue weighted by Crippen LogP contribution is 2.08. The fourth-order valence-corrected chi connectivity index (χ4v) is 1.06. The van der Waals surface area contributed by atoms with Gasteiger partial charge in [-0.1, -0.05) is 17.7 Å². The Hall–Kier alpha value is -0.600. The normalized spacial score (nSPS) is 19.4. The van der Waals surface area contributed by atoms with Crippen molar-refractivity contribution in [2.75, 3.05) is 19.6 Å². The minimum absolute atomic E-state index is 0.636. The quantitative estimate of drug-likeness (QED) is 0.580. The fourth-order valence-electron chi connectivity index (χ4n) is 1.06. The van der Waals surface area contributed by atoms with Crippen molar-refractivity contribution < 1.29 is 0 Å². The summed E-state index contributed by atoms with van der Waals surface area (Å²) in [7, 11) is 0. The van der Waals surface area contributed by atoms with Crippen LogP contribution in [0.1, 0.15) is 6.92 Å². The predicted octanol–water partition coefficient (Wildman–Crippen LogP) is 0.421. The SMILES string of the molecule is CC1=C(/C=C\CN)CNC1. The highest BCUT2D eigenvalue weighted by Gasteiger charge is 2.05. The molecule has 0 bridgehead atoms. The Bertz CT molecular complexity index is 168. The third-order valence-electron chi connectivity index (χ3n) is 1.71. The zero-order valence-corrected chi connectivity index (χ0v) is 6.35. The largest absolute Gasteiger partial charge is 0.327 e. The lowest BCUT2D eigenvalue weighted by atomic mass is 10.2. The van der Waals surface area contributed by atoms with E-state index in [9.17, 15) is 0 Å². The summed E-state index contributed by atoms with van der Waals surface area (Å²) in [6, 6.07) is 0. The van der Waals surface area contributed by atoms with E-state index in [1.54, 1.807) is 0 Å². The molecule has 0 aromatic carbocycles. The Kier molecular flexibility index (Phi) is 2.66. The maximum Gasteiger partial charge on any atom is 0.0208 e. The molecule has 10 heavy (non-hydrogen) atoms. The number of hydrogen-bond donors (Lipinski definition) is 2. The van der Waals surface area contributed by atoms with E-state index in [1.807, 2.05) is 6.08 Å². The zero-order valence-electron chi connectivity index (χ0n) is 6.35. The summed E-state index contributed by atoms with van der Waals surface area (Å²) in [4.78, 5) is 0. The van der Waals surface area contributed by atoms with Crippen molar-refractivity contribution in [3.05, 3.63) is 23.3 Å². The van der Waals surface area contributed by atoms with Crippen molar-refractivity contribution in [2.45, 2.75) is 6.92 Å². The summed E-state index contributed by atoms with van der Waals surface area (Å²) < 4.78 is 0. The molecule has 0 aliphatic carbocycles. The molecule has 1 rings (SSSR count). The van der Waals surface area contributed by atoms with Crippen LogP contribution in [0.3, 0.4) is 0 Å². The van der Waals surface area contributed by atoms with Crippen LogP contribution in [0.15, 0.2) is 23.3 Å². The topological polar surface area (TPSA) is 38.0 Å². The van der Waals surface area contributed by atoms with Crippen molar-refractivity contribution in [2.24, 2.45) is 5.73 Å². The van der Waals surface area contributed by atoms with Crippen LogP contribution in [0, 0.1) is 0 Å². The van der Waals surface area contributed by atoms with Gasteiger partial charge < -0.3 is 11.1 Å². The molecule has 0 radical (unpaired) electrons. The van der Waals surface area contributed by atoms with Gasteiger partial charge in [-0.15, -0.1) is 0 Å². The minimum Gasteiger partial charge on any atom is -0.327 e. The Balaban J connectivity index is 2.54. The molecule has 2 nitrogen and oxygen atoms in total. The van der Waals surface area contributed by atoms with Gasteiger partial charge in [0.25, 0.3) is 0 Å². The molecule has 0 saturated heterocycles. The second kappa shape index (κ2) is 3.54. The monoisotopic (exact) mass is 138 g/mol. The Morgan fingerprint density at radius 2 is 2.40 bits per heavy atom. The molecule has 1 heterocycles. The van der Waals surface area contributed by atoms with Gasteiger partial charge in [0.2, 0.25) is 0 Å². The highest BCUT2D eigenvalue weighted by molar-refractivity contribution is 5.30. The maximum absolute atomic E-state index is 5.32. The van der Waals surface area contributed by atoms with E-state index in [-0.39, 0.29) is 0 Å². The van der Waals surface area contributed by atoms with E-state index in [4.69, 9.17) is 5.73 Å². The van der Waals surface area contributed by atoms with Crippen LogP contribution >= 0.6 is 0 Å². The molecule has 3 N–H and O–H groups in total. The van der Waals surface area contributed by atoms with Crippen LogP contribution in [0.5, 0.6) is 0 Å². The number of nitrogens with one attached hydrogen (secondary N) is 1. The summed E-state index contributed by atoms with van der Waals surface area (Å²) >= 11 is 0. The minimum atomic E-state index is 0.636. The molecule has 0 saturated carbocycles. The van der Waals surface area contributed by atoms with E-state index < -0.39 is 0 Å². The molecule has 1 aliphatic rings. The lowest BCUT2D eigenvalue weighted by Gasteiger charge is -1.91. The third-order valence-corrected chi connectivity index (χ3v) is 1.71. The molecule has 0 aromatic rings. The molecule has 1 aliphatic heterocycles. The first-order valence-electron chi connectivity index (χ1n) is 3.60. The van der Waals surface area contributed by atoms with Crippen LogP contribution in [0.25, 0.3) is 0 Å². The first kappa shape index (κ1) is 7.51. The van der Waals surface area contributed by atoms with Crippen LogP contribution in [0.4, 0.5) is 0 Å². The summed E-state index contributed by atoms with van der Waals surface area (Å²) in [5, 5.41) is 3.26. The van der Waals surface area contributed by atoms with Gasteiger partial charge in [-0.2, -0.15) is 0 Å². The second-order valence-corrected chi connectivity index (χ2v) is 2.55. The van der Waals surface area contributed by atoms with Gasteiger partial charge in [0.15, 0.2) is 0 Å². The highest BCUT2D eigenvalue weighted by atomic mass is 14.9. The average Bonchev–Trinajstić information content (AvgIpc) is 2.31. The molecule has 0 unspecified atom stereocenters. The first-order valence-corrected chi connectivity index (χ1v) is 3.60. The summed E-state index contributed by atoms with van der Waals surface area (Å²) in [6.07, 6.45) is 4.10. The lowest BCUT2D eigenvalue weighted by Crippen LogP contribution is -2.08. The van der Waals surface area contributed by atoms with E-state index in [0.29, 0.717) is 6.54 Å². The second-order valence-electron chi connectivity index (χ2n) is 2.55. The Morgan fingerprint density at radius 3 is 2.90 bits per heavy atom. The number of hydrogen-bond acceptors (Lipinski definition) is 2. The van der Waals surface area contributed by atoms with Gasteiger partial charge in [-0.25, -0.2) is 0 Å². The van der Waals surface area contributed by atoms with Crippen molar-refractivity contribution in [3.63, 3.8) is 0 Å². The summed E-state index contributed by atoms with van der Waals surface area (Å²) in [5.74, 6) is 0. The molecule has 0 spiro atoms. The van der Waals surface area contributed by atoms with E-state index in [1.165, 1.54) is 11.1 Å². The van der Waals surface area contributed by atoms with Crippen molar-refractivity contribution >= 4 is 0 Å². The Labute approximate surface area is 61.8 Å². The van der Waals surface area contributed by atoms with Crippen LogP contribution in [-0.2, 0) is 0 Å². The average molecular weight is 138 g/mol. The lowest BCUT2D eigenvalue weighted by molar-refractivity contribution is 0.868. The standard InChI is InChI=1S/C8H14N2/c1-7-5-10-6-8(7)3-2-4-9/h2-3,10H,4-6,9H2,1H3/b3-2-. The molecule has 0 amide bonds. The van der Waals surface area contributed by atoms with Gasteiger partial charge in [-0.05, 0) is 12.5 Å². The molecule has 2 heteroatoms. The van der Waals surface area contributed by atoms with Gasteiger partial charge >= 0.3 is 0 Å². The van der Waals surface area contributed by atoms with Gasteiger partial charge in [0.1, 0.15) is 0 Å². The fraction of sp³-hybridized carbons (Fsp3) is 0.500. The summed E-state index contributed by atoms with van der Waals surface area (Å²) in [6.45, 7) is 4.82. The molecular formula is C8H14N2. The smallest absolute Gasteiger partial charge is 0.0208 e. The van der Waals surface area contributed by atoms with Gasteiger partial charge in [0.05, 0.1) is 0 Å². The molecule has 56 valence electrons. The van der Waals surface area contributed by atoms with Gasteiger partial charge in [-0.3, -0.25) is 0 Å². The molecule has 0 aromatic heterocycles. The summed E-state index contributed by atoms with van der Waals surface area (Å²) in [5.41, 5.74) is 8.15. The van der Waals surface area contributed by atoms with E-state index in [2.05, 4.69) is 18.3 Å². The van der Waals surface area contributed by atoms with Crippen molar-refractivity contribution in [3.8, 4) is 0 Å². The van der Waals surface area contributed by atoms with Crippen molar-refractivity contribution in [1.82, 2.24) is 5.32 Å². The van der Waals surface area contributed by atoms with Gasteiger partial charge in [0, 0.05) is 19.6 Å². The van der Waals surface area contributed by atoms with E-state index in [0.717, 1.165) is 13.1 Å². The third kappa shape index (κ3) is 1.69. The Morgan fingerprint density at radius 1 is 1.60 bits per heavy atom. The molecule has 0 atom stereocenters. The van der Waals surface area contributed by atoms with Crippen LogP contribution in [-0.4, -0.2) is 19.6 Å². The zero-order chi connectivity index (χ0) is 7.40. The van der Waals surface area contributed by atoms with E-state index >= 15 is 0 Å². The maximum atomic E-state index is 5.32. The molecular weight excluding hydrogens is 124 g/mol. The molecule has 0 fully saturated rings. The van der Waals surface area contributed by atoms with Crippen LogP contribution < -0.4 is 11.1 Å². The van der Waals surface area contributed by atoms with Crippen molar-refractivity contribution in [1.29, 1.82) is 0 Å². The number of nitrogens with two attached hydrogens (primary N) is 1. The predicted molar refractivity (Wildman–Crippen MR) is 43.8 cm³/mol. The van der Waals surface area contributed by atoms with Crippen LogP contribution in [0.2, 0.25) is 0 Å². The first-order chi connectivity index (χ1) is 4.84. The number of rotatable bonds is 2.